The maximum absolute atomic E-state index is 11.8. The predicted molar refractivity (Wildman–Crippen MR) is 200 cm³/mol. The van der Waals surface area contributed by atoms with E-state index in [-0.39, 0.29) is 4.90 Å². The van der Waals surface area contributed by atoms with Gasteiger partial charge in [0.15, 0.2) is 0 Å². The average molecular weight is 695 g/mol. The van der Waals surface area contributed by atoms with E-state index in [4.69, 9.17) is 14.2 Å². The van der Waals surface area contributed by atoms with Crippen molar-refractivity contribution >= 4 is 57.8 Å². The molecule has 0 saturated heterocycles. The molecule has 0 amide bonds. The fourth-order valence-electron chi connectivity index (χ4n) is 5.08. The summed E-state index contributed by atoms with van der Waals surface area (Å²) in [5.41, 5.74) is 0. The van der Waals surface area contributed by atoms with Gasteiger partial charge in [0, 0.05) is 5.30 Å². The van der Waals surface area contributed by atoms with Crippen molar-refractivity contribution in [2.24, 2.45) is 0 Å². The highest BCUT2D eigenvalue weighted by atomic mass is 32.2. The first kappa shape index (κ1) is 34.8. The first-order chi connectivity index (χ1) is 23.3. The molecule has 0 aliphatic rings. The lowest BCUT2D eigenvalue weighted by Gasteiger charge is -2.21. The maximum Gasteiger partial charge on any atom is 0.295 e. The van der Waals surface area contributed by atoms with E-state index in [1.807, 2.05) is 97.1 Å². The van der Waals surface area contributed by atoms with Crippen LogP contribution in [0.1, 0.15) is 0 Å². The summed E-state index contributed by atoms with van der Waals surface area (Å²) in [4.78, 5) is -0.0289. The number of hydrogen-bond donors (Lipinski definition) is 1. The van der Waals surface area contributed by atoms with Gasteiger partial charge < -0.3 is 14.2 Å². The average Bonchev–Trinajstić information content (AvgIpc) is 3.14. The fourth-order valence-corrected chi connectivity index (χ4v) is 10.8. The van der Waals surface area contributed by atoms with Gasteiger partial charge in [-0.2, -0.15) is 8.42 Å². The van der Waals surface area contributed by atoms with Crippen molar-refractivity contribution in [2.75, 3.05) is 21.3 Å². The molecule has 0 bridgehead atoms. The Balaban J connectivity index is 0.000000188. The normalized spacial score (nSPS) is 11.0. The van der Waals surface area contributed by atoms with Crippen molar-refractivity contribution in [2.45, 2.75) is 4.90 Å². The van der Waals surface area contributed by atoms with Crippen LogP contribution in [0, 0.1) is 0 Å². The van der Waals surface area contributed by atoms with Crippen molar-refractivity contribution in [1.29, 1.82) is 0 Å². The number of methoxy groups -OCH3 is 3. The zero-order valence-electron chi connectivity index (χ0n) is 26.8. The van der Waals surface area contributed by atoms with Gasteiger partial charge in [-0.15, -0.1) is 0 Å². The van der Waals surface area contributed by atoms with Gasteiger partial charge in [-0.1, -0.05) is 115 Å². The van der Waals surface area contributed by atoms with Crippen molar-refractivity contribution in [3.63, 3.8) is 0 Å². The molecule has 9 heteroatoms. The summed E-state index contributed by atoms with van der Waals surface area (Å²) in [6, 6.07) is 51.1. The molecule has 6 rings (SSSR count). The van der Waals surface area contributed by atoms with Crippen LogP contribution in [0.3, 0.4) is 0 Å². The minimum absolute atomic E-state index is 0.0289. The van der Waals surface area contributed by atoms with E-state index in [1.54, 1.807) is 39.5 Å². The molecular weight excluding hydrogens is 658 g/mol. The maximum atomic E-state index is 11.8. The lowest BCUT2D eigenvalue weighted by Crippen LogP contribution is -2.24. The largest absolute Gasteiger partial charge is 0.497 e. The highest BCUT2D eigenvalue weighted by molar-refractivity contribution is 7.88. The molecule has 0 unspecified atom stereocenters. The molecule has 0 heterocycles. The predicted octanol–water partition coefficient (Wildman–Crippen LogP) is 6.16. The molecule has 0 aliphatic carbocycles. The van der Waals surface area contributed by atoms with Crippen LogP contribution in [0.5, 0.6) is 17.2 Å². The number of benzene rings is 6. The van der Waals surface area contributed by atoms with Crippen LogP contribution >= 0.6 is 15.8 Å². The molecule has 244 valence electrons. The highest BCUT2D eigenvalue weighted by Gasteiger charge is 2.24. The van der Waals surface area contributed by atoms with Crippen LogP contribution < -0.4 is 46.0 Å². The van der Waals surface area contributed by atoms with Crippen molar-refractivity contribution in [1.82, 2.24) is 0 Å². The summed E-state index contributed by atoms with van der Waals surface area (Å²) in [5.74, 6) is 2.59. The van der Waals surface area contributed by atoms with Crippen LogP contribution in [0.15, 0.2) is 163 Å². The van der Waals surface area contributed by atoms with E-state index < -0.39 is 26.0 Å². The van der Waals surface area contributed by atoms with Crippen LogP contribution in [0.25, 0.3) is 0 Å². The van der Waals surface area contributed by atoms with E-state index in [9.17, 15) is 13.0 Å². The van der Waals surface area contributed by atoms with E-state index in [1.165, 1.54) is 22.0 Å². The summed E-state index contributed by atoms with van der Waals surface area (Å²) < 4.78 is 49.1. The molecule has 6 nitrogen and oxygen atoms in total. The Bertz CT molecular complexity index is 1840. The summed E-state index contributed by atoms with van der Waals surface area (Å²) in [6.07, 6.45) is 0. The third kappa shape index (κ3) is 8.69. The summed E-state index contributed by atoms with van der Waals surface area (Å²) in [7, 11) is -0.957. The van der Waals surface area contributed by atoms with Crippen LogP contribution in [-0.4, -0.2) is 34.3 Å². The topological polar surface area (TPSA) is 82.1 Å². The molecule has 0 aromatic heterocycles. The van der Waals surface area contributed by atoms with E-state index in [2.05, 4.69) is 36.4 Å². The quantitative estimate of drug-likeness (QED) is 0.137. The molecule has 0 radical (unpaired) electrons. The van der Waals surface area contributed by atoms with E-state index in [0.717, 1.165) is 27.9 Å². The van der Waals surface area contributed by atoms with Gasteiger partial charge in [-0.25, -0.2) is 0 Å². The number of rotatable bonds is 10. The van der Waals surface area contributed by atoms with Crippen molar-refractivity contribution in [3.05, 3.63) is 158 Å². The summed E-state index contributed by atoms with van der Waals surface area (Å²) in [6.45, 7) is 0. The van der Waals surface area contributed by atoms with Gasteiger partial charge in [0.1, 0.15) is 22.1 Å². The van der Waals surface area contributed by atoms with Crippen molar-refractivity contribution < 1.29 is 27.2 Å². The van der Waals surface area contributed by atoms with Gasteiger partial charge in [0.2, 0.25) is 0 Å². The molecule has 48 heavy (non-hydrogen) atoms. The smallest absolute Gasteiger partial charge is 0.295 e. The zero-order chi connectivity index (χ0) is 33.9. The SMILES string of the molecule is COc1ccc(P(c2ccc(OC)cc2)c2ccc(OC)cc2)cc1.O=S(=O)(O)c1ccccc1P(c1ccccc1)c1ccccc1. The molecule has 0 aliphatic heterocycles. The molecule has 6 aromatic rings. The first-order valence-electron chi connectivity index (χ1n) is 15.0. The fraction of sp³-hybridized carbons (Fsp3) is 0.0769. The van der Waals surface area contributed by atoms with Crippen molar-refractivity contribution in [3.8, 4) is 17.2 Å². The third-order valence-corrected chi connectivity index (χ3v) is 13.4. The summed E-state index contributed by atoms with van der Waals surface area (Å²) in [5, 5.41) is 6.50. The molecule has 6 aromatic carbocycles. The third-order valence-electron chi connectivity index (χ3n) is 7.40. The Hall–Kier alpha value is -4.51. The number of ether oxygens (including phenoxy) is 3. The standard InChI is InChI=1S/C21H21O3P.C18H15O3PS/c1-22-16-4-10-19(11-5-16)25(20-12-6-17(23-2)7-13-20)21-14-8-18(24-3)9-15-21;19-23(20,21)18-14-8-7-13-17(18)22(15-9-3-1-4-10-15)16-11-5-2-6-12-16/h4-15H,1-3H3;1-14H,(H,19,20,21). The molecule has 0 fully saturated rings. The minimum atomic E-state index is -4.28. The van der Waals surface area contributed by atoms with Gasteiger partial charge in [0.25, 0.3) is 10.1 Å². The van der Waals surface area contributed by atoms with Crippen LogP contribution in [0.4, 0.5) is 0 Å². The molecule has 0 saturated carbocycles. The minimum Gasteiger partial charge on any atom is -0.497 e. The zero-order valence-corrected chi connectivity index (χ0v) is 29.4. The lowest BCUT2D eigenvalue weighted by atomic mass is 10.3. The Morgan fingerprint density at radius 3 is 1.06 bits per heavy atom. The lowest BCUT2D eigenvalue weighted by molar-refractivity contribution is 0.415. The van der Waals surface area contributed by atoms with Gasteiger partial charge >= 0.3 is 0 Å². The van der Waals surface area contributed by atoms with Crippen LogP contribution in [0.2, 0.25) is 0 Å². The van der Waals surface area contributed by atoms with Gasteiger partial charge in [-0.05, 0) is 84.8 Å². The molecule has 0 spiro atoms. The second-order valence-corrected chi connectivity index (χ2v) is 16.2. The number of hydrogen-bond acceptors (Lipinski definition) is 5. The summed E-state index contributed by atoms with van der Waals surface area (Å²) >= 11 is 0. The van der Waals surface area contributed by atoms with Crippen LogP contribution in [-0.2, 0) is 10.1 Å². The highest BCUT2D eigenvalue weighted by Crippen LogP contribution is 2.36. The van der Waals surface area contributed by atoms with Gasteiger partial charge in [-0.3, -0.25) is 4.55 Å². The van der Waals surface area contributed by atoms with E-state index in [0.29, 0.717) is 5.30 Å². The van der Waals surface area contributed by atoms with E-state index >= 15 is 0 Å². The second-order valence-electron chi connectivity index (χ2n) is 10.4. The molecule has 0 atom stereocenters. The Morgan fingerprint density at radius 1 is 0.417 bits per heavy atom. The molecule has 1 N–H and O–H groups in total. The Morgan fingerprint density at radius 2 is 0.729 bits per heavy atom. The molecular formula is C39H36O6P2S. The Labute approximate surface area is 285 Å². The second kappa shape index (κ2) is 16.5. The Kier molecular flexibility index (Phi) is 12.0. The monoisotopic (exact) mass is 694 g/mol. The first-order valence-corrected chi connectivity index (χ1v) is 19.1. The van der Waals surface area contributed by atoms with Gasteiger partial charge in [0.05, 0.1) is 21.3 Å².